The maximum atomic E-state index is 12.3. The summed E-state index contributed by atoms with van der Waals surface area (Å²) in [4.78, 5) is 25.2. The molecule has 6 nitrogen and oxygen atoms in total. The van der Waals surface area contributed by atoms with E-state index in [1.54, 1.807) is 13.0 Å². The van der Waals surface area contributed by atoms with E-state index in [4.69, 9.17) is 10.5 Å². The Bertz CT molecular complexity index is 502. The molecule has 0 radical (unpaired) electrons. The van der Waals surface area contributed by atoms with Crippen molar-refractivity contribution in [3.8, 4) is 5.75 Å². The van der Waals surface area contributed by atoms with Crippen LogP contribution >= 0.6 is 0 Å². The van der Waals surface area contributed by atoms with Gasteiger partial charge in [0.05, 0.1) is 12.3 Å². The first-order chi connectivity index (χ1) is 9.99. The Hall–Kier alpha value is -2.24. The number of amides is 1. The molecule has 0 aliphatic carbocycles. The van der Waals surface area contributed by atoms with Crippen molar-refractivity contribution in [1.29, 1.82) is 0 Å². The number of anilines is 2. The quantitative estimate of drug-likeness (QED) is 0.593. The van der Waals surface area contributed by atoms with Crippen molar-refractivity contribution in [3.05, 3.63) is 18.2 Å². The lowest BCUT2D eigenvalue weighted by molar-refractivity contribution is -0.142. The molecule has 1 aromatic carbocycles. The first-order valence-electron chi connectivity index (χ1n) is 7.04. The highest BCUT2D eigenvalue weighted by Gasteiger charge is 2.22. The maximum Gasteiger partial charge on any atom is 0.326 e. The second-order valence-electron chi connectivity index (χ2n) is 4.64. The number of benzene rings is 1. The predicted molar refractivity (Wildman–Crippen MR) is 81.0 cm³/mol. The van der Waals surface area contributed by atoms with Crippen molar-refractivity contribution in [2.75, 3.05) is 23.8 Å². The van der Waals surface area contributed by atoms with E-state index < -0.39 is 5.97 Å². The fourth-order valence-electron chi connectivity index (χ4n) is 1.88. The largest absolute Gasteiger partial charge is 0.506 e. The highest BCUT2D eigenvalue weighted by atomic mass is 16.5. The first kappa shape index (κ1) is 16.8. The number of nitrogen functional groups attached to an aromatic ring is 1. The Morgan fingerprint density at radius 3 is 2.62 bits per heavy atom. The van der Waals surface area contributed by atoms with Crippen LogP contribution < -0.4 is 10.6 Å². The summed E-state index contributed by atoms with van der Waals surface area (Å²) in [5, 5.41) is 9.95. The summed E-state index contributed by atoms with van der Waals surface area (Å²) in [5.74, 6) is -0.882. The van der Waals surface area contributed by atoms with E-state index in [2.05, 4.69) is 0 Å². The Balaban J connectivity index is 2.99. The second-order valence-corrected chi connectivity index (χ2v) is 4.64. The zero-order chi connectivity index (χ0) is 15.8. The van der Waals surface area contributed by atoms with E-state index in [0.717, 1.165) is 6.42 Å². The summed E-state index contributed by atoms with van der Waals surface area (Å²) in [6.45, 7) is 3.68. The number of nitrogens with two attached hydrogens (primary N) is 1. The van der Waals surface area contributed by atoms with Crippen LogP contribution in [0.15, 0.2) is 18.2 Å². The van der Waals surface area contributed by atoms with Crippen molar-refractivity contribution in [2.24, 2.45) is 0 Å². The van der Waals surface area contributed by atoms with Gasteiger partial charge in [0.15, 0.2) is 0 Å². The number of phenolic OH excluding ortho intramolecular Hbond substituents is 1. The minimum absolute atomic E-state index is 0.135. The third-order valence-electron chi connectivity index (χ3n) is 2.93. The summed E-state index contributed by atoms with van der Waals surface area (Å²) < 4.78 is 4.87. The average molecular weight is 294 g/mol. The second kappa shape index (κ2) is 8.14. The van der Waals surface area contributed by atoms with Gasteiger partial charge < -0.3 is 15.6 Å². The summed E-state index contributed by atoms with van der Waals surface area (Å²) in [6, 6.07) is 4.44. The molecule has 0 aromatic heterocycles. The Kier molecular flexibility index (Phi) is 6.52. The lowest BCUT2D eigenvalue weighted by Crippen LogP contribution is -2.36. The van der Waals surface area contributed by atoms with Gasteiger partial charge in [-0.3, -0.25) is 14.5 Å². The minimum atomic E-state index is -0.515. The maximum absolute atomic E-state index is 12.3. The highest BCUT2D eigenvalue weighted by Crippen LogP contribution is 2.29. The molecule has 1 aromatic rings. The van der Waals surface area contributed by atoms with E-state index in [1.807, 2.05) is 6.92 Å². The molecule has 6 heteroatoms. The number of unbranched alkanes of at least 4 members (excludes halogenated alkanes) is 1. The molecule has 1 rings (SSSR count). The minimum Gasteiger partial charge on any atom is -0.506 e. The highest BCUT2D eigenvalue weighted by molar-refractivity contribution is 5.99. The first-order valence-corrected chi connectivity index (χ1v) is 7.04. The summed E-state index contributed by atoms with van der Waals surface area (Å²) in [6.07, 6.45) is 1.89. The number of aromatic hydroxyl groups is 1. The fraction of sp³-hybridized carbons (Fsp3) is 0.467. The molecule has 0 aliphatic heterocycles. The molecule has 0 saturated heterocycles. The Morgan fingerprint density at radius 2 is 2.05 bits per heavy atom. The van der Waals surface area contributed by atoms with Crippen LogP contribution in [0.25, 0.3) is 0 Å². The molecule has 0 atom stereocenters. The van der Waals surface area contributed by atoms with Crippen LogP contribution in [0, 0.1) is 0 Å². The smallest absolute Gasteiger partial charge is 0.326 e. The number of rotatable bonds is 7. The van der Waals surface area contributed by atoms with Crippen molar-refractivity contribution >= 4 is 23.3 Å². The molecular formula is C15H22N2O4. The summed E-state index contributed by atoms with van der Waals surface area (Å²) in [5.41, 5.74) is 6.22. The normalized spacial score (nSPS) is 10.2. The molecule has 1 amide bonds. The third kappa shape index (κ3) is 4.98. The molecule has 0 heterocycles. The Labute approximate surface area is 124 Å². The average Bonchev–Trinajstić information content (AvgIpc) is 2.43. The van der Waals surface area contributed by atoms with Crippen molar-refractivity contribution in [2.45, 2.75) is 33.1 Å². The predicted octanol–water partition coefficient (Wildman–Crippen LogP) is 2.06. The van der Waals surface area contributed by atoms with Crippen LogP contribution in [0.4, 0.5) is 11.4 Å². The van der Waals surface area contributed by atoms with Gasteiger partial charge in [-0.15, -0.1) is 0 Å². The van der Waals surface area contributed by atoms with E-state index in [1.165, 1.54) is 17.0 Å². The standard InChI is InChI=1S/C15H22N2O4/c1-3-5-6-14(19)17(10-15(20)21-4-2)12-8-7-11(16)9-13(12)18/h7-9,18H,3-6,10,16H2,1-2H3. The zero-order valence-electron chi connectivity index (χ0n) is 12.5. The van der Waals surface area contributed by atoms with Crippen LogP contribution in [0.1, 0.15) is 33.1 Å². The number of esters is 1. The van der Waals surface area contributed by atoms with Crippen molar-refractivity contribution < 1.29 is 19.4 Å². The van der Waals surface area contributed by atoms with Gasteiger partial charge in [0.1, 0.15) is 12.3 Å². The number of hydrogen-bond acceptors (Lipinski definition) is 5. The number of carbonyl (C=O) groups is 2. The molecule has 0 fully saturated rings. The van der Waals surface area contributed by atoms with Crippen LogP contribution in [0.3, 0.4) is 0 Å². The van der Waals surface area contributed by atoms with E-state index >= 15 is 0 Å². The van der Waals surface area contributed by atoms with Gasteiger partial charge in [-0.25, -0.2) is 0 Å². The molecule has 0 aliphatic rings. The molecule has 0 bridgehead atoms. The van der Waals surface area contributed by atoms with Gasteiger partial charge in [-0.2, -0.15) is 0 Å². The lowest BCUT2D eigenvalue weighted by atomic mass is 10.2. The molecule has 21 heavy (non-hydrogen) atoms. The van der Waals surface area contributed by atoms with E-state index in [-0.39, 0.29) is 30.5 Å². The topological polar surface area (TPSA) is 92.9 Å². The molecule has 3 N–H and O–H groups in total. The fourth-order valence-corrected chi connectivity index (χ4v) is 1.88. The van der Waals surface area contributed by atoms with Gasteiger partial charge >= 0.3 is 5.97 Å². The van der Waals surface area contributed by atoms with Crippen LogP contribution in [-0.2, 0) is 14.3 Å². The molecule has 0 unspecified atom stereocenters. The molecule has 116 valence electrons. The van der Waals surface area contributed by atoms with Gasteiger partial charge in [0.2, 0.25) is 5.91 Å². The molecular weight excluding hydrogens is 272 g/mol. The third-order valence-corrected chi connectivity index (χ3v) is 2.93. The summed E-state index contributed by atoms with van der Waals surface area (Å²) >= 11 is 0. The van der Waals surface area contributed by atoms with Crippen molar-refractivity contribution in [3.63, 3.8) is 0 Å². The summed E-state index contributed by atoms with van der Waals surface area (Å²) in [7, 11) is 0. The Morgan fingerprint density at radius 1 is 1.33 bits per heavy atom. The molecule has 0 spiro atoms. The number of ether oxygens (including phenoxy) is 1. The van der Waals surface area contributed by atoms with Gasteiger partial charge in [-0.1, -0.05) is 13.3 Å². The van der Waals surface area contributed by atoms with Crippen LogP contribution in [0.5, 0.6) is 5.75 Å². The zero-order valence-corrected chi connectivity index (χ0v) is 12.5. The molecule has 0 saturated carbocycles. The van der Waals surface area contributed by atoms with Crippen molar-refractivity contribution in [1.82, 2.24) is 0 Å². The number of hydrogen-bond donors (Lipinski definition) is 2. The SMILES string of the molecule is CCCCC(=O)N(CC(=O)OCC)c1ccc(N)cc1O. The number of nitrogens with zero attached hydrogens (tertiary/aromatic N) is 1. The van der Waals surface area contributed by atoms with E-state index in [0.29, 0.717) is 18.5 Å². The van der Waals surface area contributed by atoms with Gasteiger partial charge in [0, 0.05) is 18.2 Å². The van der Waals surface area contributed by atoms with E-state index in [9.17, 15) is 14.7 Å². The van der Waals surface area contributed by atoms with Crippen LogP contribution in [0.2, 0.25) is 0 Å². The number of phenols is 1. The van der Waals surface area contributed by atoms with Gasteiger partial charge in [0.25, 0.3) is 0 Å². The lowest BCUT2D eigenvalue weighted by Gasteiger charge is -2.23. The van der Waals surface area contributed by atoms with Gasteiger partial charge in [-0.05, 0) is 25.5 Å². The monoisotopic (exact) mass is 294 g/mol. The number of carbonyl (C=O) groups excluding carboxylic acids is 2. The van der Waals surface area contributed by atoms with Crippen LogP contribution in [-0.4, -0.2) is 30.1 Å².